The molecule has 13 heavy (non-hydrogen) atoms. The van der Waals surface area contributed by atoms with Gasteiger partial charge < -0.3 is 16.2 Å². The van der Waals surface area contributed by atoms with Crippen LogP contribution in [0.5, 0.6) is 0 Å². The molecule has 0 fully saturated rings. The van der Waals surface area contributed by atoms with Crippen LogP contribution in [-0.4, -0.2) is 28.2 Å². The Labute approximate surface area is 77.0 Å². The highest BCUT2D eigenvalue weighted by Crippen LogP contribution is 2.02. The van der Waals surface area contributed by atoms with Crippen LogP contribution in [0.25, 0.3) is 0 Å². The van der Waals surface area contributed by atoms with Crippen molar-refractivity contribution >= 4 is 11.8 Å². The van der Waals surface area contributed by atoms with E-state index in [0.29, 0.717) is 18.3 Å². The second kappa shape index (κ2) is 4.61. The number of hydrogen-bond acceptors (Lipinski definition) is 5. The van der Waals surface area contributed by atoms with Crippen LogP contribution in [0.3, 0.4) is 0 Å². The van der Waals surface area contributed by atoms with Crippen molar-refractivity contribution in [3.63, 3.8) is 0 Å². The van der Waals surface area contributed by atoms with Gasteiger partial charge in [-0.05, 0) is 12.0 Å². The van der Waals surface area contributed by atoms with Crippen molar-refractivity contribution in [2.24, 2.45) is 5.92 Å². The predicted octanol–water partition coefficient (Wildman–Crippen LogP) is 0.0991. The van der Waals surface area contributed by atoms with Crippen molar-refractivity contribution in [3.05, 3.63) is 12.3 Å². The molecule has 0 aliphatic carbocycles. The number of aromatic nitrogens is 2. The Morgan fingerprint density at radius 3 is 3.08 bits per heavy atom. The molecule has 0 bridgehead atoms. The van der Waals surface area contributed by atoms with Crippen molar-refractivity contribution < 1.29 is 5.11 Å². The number of nitrogen functional groups attached to an aromatic ring is 1. The third-order valence-electron chi connectivity index (χ3n) is 1.60. The van der Waals surface area contributed by atoms with Gasteiger partial charge >= 0.3 is 0 Å². The summed E-state index contributed by atoms with van der Waals surface area (Å²) in [6, 6.07) is 1.63. The molecule has 0 saturated heterocycles. The Bertz CT molecular complexity index is 266. The molecule has 5 heteroatoms. The maximum atomic E-state index is 8.76. The normalized spacial score (nSPS) is 12.5. The van der Waals surface area contributed by atoms with Gasteiger partial charge in [-0.15, -0.1) is 0 Å². The standard InChI is InChI=1S/C8H14N4O/c1-6(5-13)4-11-8-10-3-2-7(9)12-8/h2-3,6,13H,4-5H2,1H3,(H3,9,10,11,12). The third-order valence-corrected chi connectivity index (χ3v) is 1.60. The molecule has 1 atom stereocenters. The molecular weight excluding hydrogens is 168 g/mol. The second-order valence-corrected chi connectivity index (χ2v) is 2.97. The van der Waals surface area contributed by atoms with E-state index < -0.39 is 0 Å². The van der Waals surface area contributed by atoms with E-state index in [4.69, 9.17) is 10.8 Å². The molecule has 0 aromatic carbocycles. The number of rotatable bonds is 4. The molecule has 1 rings (SSSR count). The molecule has 0 aliphatic rings. The maximum absolute atomic E-state index is 8.76. The largest absolute Gasteiger partial charge is 0.396 e. The molecule has 0 saturated carbocycles. The molecule has 0 aliphatic heterocycles. The lowest BCUT2D eigenvalue weighted by Gasteiger charge is -2.08. The molecule has 72 valence electrons. The van der Waals surface area contributed by atoms with Crippen LogP contribution in [0.15, 0.2) is 12.3 Å². The van der Waals surface area contributed by atoms with Gasteiger partial charge in [0.05, 0.1) is 0 Å². The molecule has 5 nitrogen and oxygen atoms in total. The summed E-state index contributed by atoms with van der Waals surface area (Å²) in [6.45, 7) is 2.72. The Hall–Kier alpha value is -1.36. The van der Waals surface area contributed by atoms with Crippen molar-refractivity contribution in [1.82, 2.24) is 9.97 Å². The van der Waals surface area contributed by atoms with Crippen molar-refractivity contribution in [2.45, 2.75) is 6.92 Å². The van der Waals surface area contributed by atoms with E-state index in [1.807, 2.05) is 6.92 Å². The summed E-state index contributed by atoms with van der Waals surface area (Å²) in [4.78, 5) is 7.92. The lowest BCUT2D eigenvalue weighted by atomic mass is 10.2. The lowest BCUT2D eigenvalue weighted by molar-refractivity contribution is 0.244. The minimum atomic E-state index is 0.148. The zero-order chi connectivity index (χ0) is 9.68. The highest BCUT2D eigenvalue weighted by atomic mass is 16.3. The quantitative estimate of drug-likeness (QED) is 0.615. The van der Waals surface area contributed by atoms with Crippen LogP contribution >= 0.6 is 0 Å². The lowest BCUT2D eigenvalue weighted by Crippen LogP contribution is -2.16. The van der Waals surface area contributed by atoms with Crippen molar-refractivity contribution in [2.75, 3.05) is 24.2 Å². The molecule has 1 heterocycles. The number of nitrogens with one attached hydrogen (secondary N) is 1. The fraction of sp³-hybridized carbons (Fsp3) is 0.500. The SMILES string of the molecule is CC(CO)CNc1nccc(N)n1. The Kier molecular flexibility index (Phi) is 3.45. The van der Waals surface area contributed by atoms with Gasteiger partial charge in [0.1, 0.15) is 5.82 Å². The number of aliphatic hydroxyl groups is 1. The topological polar surface area (TPSA) is 84.1 Å². The van der Waals surface area contributed by atoms with Gasteiger partial charge in [-0.25, -0.2) is 4.98 Å². The summed E-state index contributed by atoms with van der Waals surface area (Å²) in [7, 11) is 0. The summed E-state index contributed by atoms with van der Waals surface area (Å²) >= 11 is 0. The van der Waals surface area contributed by atoms with Crippen molar-refractivity contribution in [3.8, 4) is 0 Å². The molecule has 1 aromatic rings. The van der Waals surface area contributed by atoms with Crippen LogP contribution in [-0.2, 0) is 0 Å². The first-order valence-electron chi connectivity index (χ1n) is 4.15. The Balaban J connectivity index is 2.45. The zero-order valence-electron chi connectivity index (χ0n) is 7.57. The number of hydrogen-bond donors (Lipinski definition) is 3. The summed E-state index contributed by atoms with van der Waals surface area (Å²) in [5, 5.41) is 11.7. The number of nitrogens with two attached hydrogens (primary N) is 1. The minimum Gasteiger partial charge on any atom is -0.396 e. The van der Waals surface area contributed by atoms with Crippen LogP contribution in [0.2, 0.25) is 0 Å². The summed E-state index contributed by atoms with van der Waals surface area (Å²) < 4.78 is 0. The van der Waals surface area contributed by atoms with E-state index >= 15 is 0 Å². The van der Waals surface area contributed by atoms with Gasteiger partial charge in [-0.3, -0.25) is 0 Å². The predicted molar refractivity (Wildman–Crippen MR) is 51.2 cm³/mol. The average molecular weight is 182 g/mol. The number of aliphatic hydroxyl groups excluding tert-OH is 1. The minimum absolute atomic E-state index is 0.148. The maximum Gasteiger partial charge on any atom is 0.224 e. The van der Waals surface area contributed by atoms with E-state index in [-0.39, 0.29) is 12.5 Å². The van der Waals surface area contributed by atoms with Crippen LogP contribution in [0.1, 0.15) is 6.92 Å². The van der Waals surface area contributed by atoms with Gasteiger partial charge in [0, 0.05) is 19.3 Å². The van der Waals surface area contributed by atoms with Crippen LogP contribution in [0, 0.1) is 5.92 Å². The van der Waals surface area contributed by atoms with E-state index in [2.05, 4.69) is 15.3 Å². The smallest absolute Gasteiger partial charge is 0.224 e. The Morgan fingerprint density at radius 2 is 2.46 bits per heavy atom. The average Bonchev–Trinajstić information content (AvgIpc) is 2.14. The van der Waals surface area contributed by atoms with Crippen molar-refractivity contribution in [1.29, 1.82) is 0 Å². The first kappa shape index (κ1) is 9.73. The first-order chi connectivity index (χ1) is 6.22. The summed E-state index contributed by atoms with van der Waals surface area (Å²) in [5.74, 6) is 1.12. The van der Waals surface area contributed by atoms with Gasteiger partial charge in [0.2, 0.25) is 5.95 Å². The summed E-state index contributed by atoms with van der Waals surface area (Å²) in [5.41, 5.74) is 5.46. The molecule has 0 spiro atoms. The van der Waals surface area contributed by atoms with Gasteiger partial charge in [-0.2, -0.15) is 4.98 Å². The van der Waals surface area contributed by atoms with E-state index in [1.165, 1.54) is 0 Å². The van der Waals surface area contributed by atoms with Crippen LogP contribution in [0.4, 0.5) is 11.8 Å². The monoisotopic (exact) mass is 182 g/mol. The molecule has 1 unspecified atom stereocenters. The molecular formula is C8H14N4O. The molecule has 4 N–H and O–H groups in total. The van der Waals surface area contributed by atoms with E-state index in [0.717, 1.165) is 0 Å². The second-order valence-electron chi connectivity index (χ2n) is 2.97. The highest BCUT2D eigenvalue weighted by molar-refractivity contribution is 5.34. The molecule has 0 amide bonds. The fourth-order valence-corrected chi connectivity index (χ4v) is 0.788. The van der Waals surface area contributed by atoms with Crippen LogP contribution < -0.4 is 11.1 Å². The van der Waals surface area contributed by atoms with E-state index in [1.54, 1.807) is 12.3 Å². The van der Waals surface area contributed by atoms with Gasteiger partial charge in [0.15, 0.2) is 0 Å². The van der Waals surface area contributed by atoms with E-state index in [9.17, 15) is 0 Å². The number of nitrogens with zero attached hydrogens (tertiary/aromatic N) is 2. The third kappa shape index (κ3) is 3.25. The van der Waals surface area contributed by atoms with Gasteiger partial charge in [-0.1, -0.05) is 6.92 Å². The fourth-order valence-electron chi connectivity index (χ4n) is 0.788. The molecule has 1 aromatic heterocycles. The molecule has 0 radical (unpaired) electrons. The Morgan fingerprint density at radius 1 is 1.69 bits per heavy atom. The van der Waals surface area contributed by atoms with Gasteiger partial charge in [0.25, 0.3) is 0 Å². The highest BCUT2D eigenvalue weighted by Gasteiger charge is 2.00. The zero-order valence-corrected chi connectivity index (χ0v) is 7.57. The first-order valence-corrected chi connectivity index (χ1v) is 4.15. The summed E-state index contributed by atoms with van der Waals surface area (Å²) in [6.07, 6.45) is 1.59. The number of anilines is 2.